The molecule has 0 spiro atoms. The van der Waals surface area contributed by atoms with Crippen molar-refractivity contribution < 1.29 is 4.39 Å². The summed E-state index contributed by atoms with van der Waals surface area (Å²) in [6.07, 6.45) is 0. The summed E-state index contributed by atoms with van der Waals surface area (Å²) in [5.74, 6) is -0.235. The number of hydrogen-bond donors (Lipinski definition) is 0. The van der Waals surface area contributed by atoms with Crippen molar-refractivity contribution in [1.82, 2.24) is 4.57 Å². The zero-order valence-corrected chi connectivity index (χ0v) is 23.4. The number of aromatic nitrogens is 1. The Morgan fingerprint density at radius 1 is 0.419 bits per heavy atom. The standard InChI is InChI=1S/C40H27FN2/c41-32-18-23-35(24-19-32)43-39-13-7-6-12-37(39)38-27-31(17-25-40(38)43)29-14-20-34(21-15-29)42(33-10-2-1-3-11-33)36-22-16-28-8-4-5-9-30(28)26-36/h1-27H. The third kappa shape index (κ3) is 4.43. The fourth-order valence-electron chi connectivity index (χ4n) is 6.16. The van der Waals surface area contributed by atoms with Gasteiger partial charge in [0.1, 0.15) is 5.82 Å². The van der Waals surface area contributed by atoms with Crippen LogP contribution in [-0.2, 0) is 0 Å². The van der Waals surface area contributed by atoms with Gasteiger partial charge in [-0.1, -0.05) is 84.9 Å². The molecule has 7 aromatic carbocycles. The Morgan fingerprint density at radius 3 is 1.86 bits per heavy atom. The molecule has 0 N–H and O–H groups in total. The van der Waals surface area contributed by atoms with Gasteiger partial charge in [0, 0.05) is 33.5 Å². The third-order valence-electron chi connectivity index (χ3n) is 8.22. The van der Waals surface area contributed by atoms with Crippen LogP contribution in [0.5, 0.6) is 0 Å². The van der Waals surface area contributed by atoms with Crippen LogP contribution in [0.1, 0.15) is 0 Å². The summed E-state index contributed by atoms with van der Waals surface area (Å²) in [5, 5.41) is 4.78. The van der Waals surface area contributed by atoms with E-state index in [2.05, 4.69) is 143 Å². The van der Waals surface area contributed by atoms with E-state index >= 15 is 0 Å². The van der Waals surface area contributed by atoms with Gasteiger partial charge >= 0.3 is 0 Å². The number of hydrogen-bond acceptors (Lipinski definition) is 1. The van der Waals surface area contributed by atoms with Crippen LogP contribution in [0.15, 0.2) is 164 Å². The van der Waals surface area contributed by atoms with Crippen LogP contribution in [0.2, 0.25) is 0 Å². The highest BCUT2D eigenvalue weighted by Crippen LogP contribution is 2.38. The van der Waals surface area contributed by atoms with E-state index in [1.807, 2.05) is 18.2 Å². The van der Waals surface area contributed by atoms with E-state index in [-0.39, 0.29) is 5.82 Å². The van der Waals surface area contributed by atoms with Crippen LogP contribution in [0.4, 0.5) is 21.5 Å². The fourth-order valence-corrected chi connectivity index (χ4v) is 6.16. The monoisotopic (exact) mass is 554 g/mol. The molecule has 0 atom stereocenters. The van der Waals surface area contributed by atoms with Gasteiger partial charge in [0.15, 0.2) is 0 Å². The molecule has 43 heavy (non-hydrogen) atoms. The first-order valence-electron chi connectivity index (χ1n) is 14.5. The Balaban J connectivity index is 1.22. The second kappa shape index (κ2) is 10.3. The minimum absolute atomic E-state index is 0.235. The molecular weight excluding hydrogens is 527 g/mol. The van der Waals surface area contributed by atoms with Crippen LogP contribution < -0.4 is 4.90 Å². The van der Waals surface area contributed by atoms with E-state index in [4.69, 9.17) is 0 Å². The van der Waals surface area contributed by atoms with Crippen LogP contribution in [0.3, 0.4) is 0 Å². The molecule has 0 fully saturated rings. The molecular formula is C40H27FN2. The average molecular weight is 555 g/mol. The van der Waals surface area contributed by atoms with Crippen LogP contribution in [-0.4, -0.2) is 4.57 Å². The molecule has 0 saturated carbocycles. The van der Waals surface area contributed by atoms with E-state index in [1.54, 1.807) is 0 Å². The van der Waals surface area contributed by atoms with Gasteiger partial charge in [0.25, 0.3) is 0 Å². The Bertz CT molecular complexity index is 2230. The fraction of sp³-hybridized carbons (Fsp3) is 0. The molecule has 0 aliphatic carbocycles. The lowest BCUT2D eigenvalue weighted by Crippen LogP contribution is -2.09. The topological polar surface area (TPSA) is 8.17 Å². The number of halogens is 1. The summed E-state index contributed by atoms with van der Waals surface area (Å²) in [6.45, 7) is 0. The molecule has 8 aromatic rings. The van der Waals surface area contributed by atoms with Crippen molar-refractivity contribution in [3.8, 4) is 16.8 Å². The maximum Gasteiger partial charge on any atom is 0.123 e. The molecule has 1 aromatic heterocycles. The lowest BCUT2D eigenvalue weighted by molar-refractivity contribution is 0.627. The predicted octanol–water partition coefficient (Wildman–Crippen LogP) is 11.2. The zero-order chi connectivity index (χ0) is 28.8. The average Bonchev–Trinajstić information content (AvgIpc) is 3.40. The molecule has 204 valence electrons. The number of fused-ring (bicyclic) bond motifs is 4. The predicted molar refractivity (Wildman–Crippen MR) is 178 cm³/mol. The summed E-state index contributed by atoms with van der Waals surface area (Å²) in [4.78, 5) is 2.30. The second-order valence-electron chi connectivity index (χ2n) is 10.8. The molecule has 2 nitrogen and oxygen atoms in total. The van der Waals surface area contributed by atoms with E-state index in [1.165, 1.54) is 33.7 Å². The van der Waals surface area contributed by atoms with Gasteiger partial charge in [-0.25, -0.2) is 4.39 Å². The van der Waals surface area contributed by atoms with E-state index < -0.39 is 0 Å². The van der Waals surface area contributed by atoms with E-state index in [9.17, 15) is 4.39 Å². The first-order chi connectivity index (χ1) is 21.2. The smallest absolute Gasteiger partial charge is 0.123 e. The SMILES string of the molecule is Fc1ccc(-n2c3ccccc3c3cc(-c4ccc(N(c5ccccc5)c5ccc6ccccc6c5)cc4)ccc32)cc1. The second-order valence-corrected chi connectivity index (χ2v) is 10.8. The molecule has 3 heteroatoms. The highest BCUT2D eigenvalue weighted by molar-refractivity contribution is 6.10. The molecule has 0 amide bonds. The van der Waals surface area contributed by atoms with Gasteiger partial charge < -0.3 is 9.47 Å². The highest BCUT2D eigenvalue weighted by atomic mass is 19.1. The zero-order valence-electron chi connectivity index (χ0n) is 23.4. The van der Waals surface area contributed by atoms with Crippen LogP contribution in [0.25, 0.3) is 49.4 Å². The molecule has 8 rings (SSSR count). The number of rotatable bonds is 5. The van der Waals surface area contributed by atoms with Gasteiger partial charge in [-0.3, -0.25) is 0 Å². The van der Waals surface area contributed by atoms with E-state index in [0.717, 1.165) is 44.9 Å². The Kier molecular flexibility index (Phi) is 6.01. The van der Waals surface area contributed by atoms with Gasteiger partial charge in [0.2, 0.25) is 0 Å². The molecule has 0 saturated heterocycles. The largest absolute Gasteiger partial charge is 0.310 e. The number of nitrogens with zero attached hydrogens (tertiary/aromatic N) is 2. The summed E-state index contributed by atoms with van der Waals surface area (Å²) < 4.78 is 15.9. The summed E-state index contributed by atoms with van der Waals surface area (Å²) in [6, 6.07) is 56.1. The van der Waals surface area contributed by atoms with Gasteiger partial charge in [-0.15, -0.1) is 0 Å². The highest BCUT2D eigenvalue weighted by Gasteiger charge is 2.15. The quantitative estimate of drug-likeness (QED) is 0.205. The van der Waals surface area contributed by atoms with Gasteiger partial charge in [-0.2, -0.15) is 0 Å². The minimum atomic E-state index is -0.235. The van der Waals surface area contributed by atoms with Crippen molar-refractivity contribution in [1.29, 1.82) is 0 Å². The first kappa shape index (κ1) is 25.1. The number of para-hydroxylation sites is 2. The molecule has 1 heterocycles. The van der Waals surface area contributed by atoms with Crippen molar-refractivity contribution in [2.24, 2.45) is 0 Å². The Morgan fingerprint density at radius 2 is 1.05 bits per heavy atom. The molecule has 0 bridgehead atoms. The lowest BCUT2D eigenvalue weighted by atomic mass is 10.0. The van der Waals surface area contributed by atoms with E-state index in [0.29, 0.717) is 0 Å². The van der Waals surface area contributed by atoms with Crippen LogP contribution in [0, 0.1) is 5.82 Å². The van der Waals surface area contributed by atoms with Gasteiger partial charge in [0.05, 0.1) is 11.0 Å². The first-order valence-corrected chi connectivity index (χ1v) is 14.5. The summed E-state index contributed by atoms with van der Waals surface area (Å²) in [5.41, 5.74) is 8.77. The minimum Gasteiger partial charge on any atom is -0.310 e. The van der Waals surface area contributed by atoms with Crippen molar-refractivity contribution >= 4 is 49.6 Å². The maximum atomic E-state index is 13.7. The van der Waals surface area contributed by atoms with Crippen molar-refractivity contribution in [2.75, 3.05) is 4.90 Å². The normalized spacial score (nSPS) is 11.4. The Hall–Kier alpha value is -5.67. The van der Waals surface area contributed by atoms with Gasteiger partial charge in [-0.05, 0) is 101 Å². The molecule has 0 aliphatic heterocycles. The van der Waals surface area contributed by atoms with Crippen molar-refractivity contribution in [2.45, 2.75) is 0 Å². The summed E-state index contributed by atoms with van der Waals surface area (Å²) >= 11 is 0. The third-order valence-corrected chi connectivity index (χ3v) is 8.22. The molecule has 0 aliphatic rings. The lowest BCUT2D eigenvalue weighted by Gasteiger charge is -2.26. The van der Waals surface area contributed by atoms with Crippen LogP contribution >= 0.6 is 0 Å². The number of anilines is 3. The van der Waals surface area contributed by atoms with Crippen molar-refractivity contribution in [3.05, 3.63) is 170 Å². The maximum absolute atomic E-state index is 13.7. The molecule has 0 unspecified atom stereocenters. The summed E-state index contributed by atoms with van der Waals surface area (Å²) in [7, 11) is 0. The Labute approximate surface area is 249 Å². The molecule has 0 radical (unpaired) electrons. The van der Waals surface area contributed by atoms with Crippen molar-refractivity contribution in [3.63, 3.8) is 0 Å². The number of benzene rings is 7.